The number of hydrogen-bond donors (Lipinski definition) is 2. The first kappa shape index (κ1) is 22.2. The van der Waals surface area contributed by atoms with Crippen LogP contribution in [0.5, 0.6) is 0 Å². The average Bonchev–Trinajstić information content (AvgIpc) is 2.69. The van der Waals surface area contributed by atoms with Gasteiger partial charge in [-0.2, -0.15) is 0 Å². The molecule has 1 aliphatic heterocycles. The van der Waals surface area contributed by atoms with Crippen LogP contribution in [-0.4, -0.2) is 45.4 Å². The molecule has 0 saturated carbocycles. The zero-order valence-corrected chi connectivity index (χ0v) is 17.6. The second-order valence-electron chi connectivity index (χ2n) is 6.80. The predicted molar refractivity (Wildman–Crippen MR) is 114 cm³/mol. The van der Waals surface area contributed by atoms with E-state index in [1.54, 1.807) is 24.3 Å². The highest BCUT2D eigenvalue weighted by atomic mass is 35.5. The lowest BCUT2D eigenvalue weighted by molar-refractivity contribution is 0.0707. The first-order chi connectivity index (χ1) is 12.9. The van der Waals surface area contributed by atoms with E-state index in [0.717, 1.165) is 18.4 Å². The number of halogens is 1. The van der Waals surface area contributed by atoms with Crippen LogP contribution < -0.4 is 10.0 Å². The second kappa shape index (κ2) is 9.41. The number of hydrogen-bond acceptors (Lipinski definition) is 4. The number of nitrogens with one attached hydrogen (secondary N) is 2. The van der Waals surface area contributed by atoms with Gasteiger partial charge in [0.2, 0.25) is 0 Å². The van der Waals surface area contributed by atoms with E-state index < -0.39 is 10.0 Å². The highest BCUT2D eigenvalue weighted by molar-refractivity contribution is 7.92. The fourth-order valence-electron chi connectivity index (χ4n) is 3.22. The second-order valence-corrected chi connectivity index (χ2v) is 8.48. The molecule has 8 heteroatoms. The molecule has 1 amide bonds. The van der Waals surface area contributed by atoms with Gasteiger partial charge in [0, 0.05) is 24.7 Å². The van der Waals surface area contributed by atoms with Gasteiger partial charge >= 0.3 is 0 Å². The van der Waals surface area contributed by atoms with Crippen LogP contribution in [0.2, 0.25) is 0 Å². The van der Waals surface area contributed by atoms with Gasteiger partial charge in [-0.25, -0.2) is 8.42 Å². The van der Waals surface area contributed by atoms with Crippen LogP contribution in [-0.2, 0) is 10.0 Å². The van der Waals surface area contributed by atoms with Crippen molar-refractivity contribution in [3.8, 4) is 0 Å². The molecular formula is C20H26ClN3O3S. The van der Waals surface area contributed by atoms with Crippen LogP contribution >= 0.6 is 12.4 Å². The van der Waals surface area contributed by atoms with Crippen molar-refractivity contribution in [3.63, 3.8) is 0 Å². The summed E-state index contributed by atoms with van der Waals surface area (Å²) in [5, 5.41) is 3.24. The molecule has 3 rings (SSSR count). The van der Waals surface area contributed by atoms with Crippen LogP contribution in [0.15, 0.2) is 53.4 Å². The van der Waals surface area contributed by atoms with E-state index >= 15 is 0 Å². The highest BCUT2D eigenvalue weighted by Gasteiger charge is 2.23. The Hall–Kier alpha value is -2.09. The van der Waals surface area contributed by atoms with Crippen LogP contribution in [0.3, 0.4) is 0 Å². The van der Waals surface area contributed by atoms with Crippen molar-refractivity contribution in [1.82, 2.24) is 10.2 Å². The number of rotatable bonds is 5. The normalized spacial score (nSPS) is 15.0. The Morgan fingerprint density at radius 2 is 1.64 bits per heavy atom. The molecule has 1 saturated heterocycles. The summed E-state index contributed by atoms with van der Waals surface area (Å²) in [4.78, 5) is 14.6. The quantitative estimate of drug-likeness (QED) is 0.774. The minimum atomic E-state index is -3.70. The third-order valence-corrected chi connectivity index (χ3v) is 6.37. The van der Waals surface area contributed by atoms with Gasteiger partial charge in [-0.1, -0.05) is 18.2 Å². The Morgan fingerprint density at radius 1 is 1.04 bits per heavy atom. The highest BCUT2D eigenvalue weighted by Crippen LogP contribution is 2.20. The molecule has 2 aromatic carbocycles. The number of nitrogens with zero attached hydrogens (tertiary/aromatic N) is 1. The maximum Gasteiger partial charge on any atom is 0.261 e. The molecule has 2 aromatic rings. The van der Waals surface area contributed by atoms with E-state index in [1.807, 2.05) is 31.0 Å². The molecule has 0 unspecified atom stereocenters. The zero-order valence-electron chi connectivity index (χ0n) is 16.0. The number of carbonyl (C=O) groups is 1. The van der Waals surface area contributed by atoms with Crippen molar-refractivity contribution >= 4 is 34.0 Å². The van der Waals surface area contributed by atoms with Crippen molar-refractivity contribution < 1.29 is 13.2 Å². The van der Waals surface area contributed by atoms with Gasteiger partial charge in [-0.3, -0.25) is 9.52 Å². The van der Waals surface area contributed by atoms with Crippen LogP contribution in [0, 0.1) is 6.92 Å². The van der Waals surface area contributed by atoms with Crippen LogP contribution in [0.1, 0.15) is 28.8 Å². The number of sulfonamides is 1. The Kier molecular flexibility index (Phi) is 7.46. The first-order valence-electron chi connectivity index (χ1n) is 9.06. The summed E-state index contributed by atoms with van der Waals surface area (Å²) in [6.45, 7) is 3.26. The lowest BCUT2D eigenvalue weighted by atomic mass is 10.0. The molecule has 152 valence electrons. The van der Waals surface area contributed by atoms with E-state index in [4.69, 9.17) is 0 Å². The Labute approximate surface area is 172 Å². The maximum absolute atomic E-state index is 12.6. The van der Waals surface area contributed by atoms with Crippen LogP contribution in [0.4, 0.5) is 5.69 Å². The summed E-state index contributed by atoms with van der Waals surface area (Å²) < 4.78 is 27.8. The lowest BCUT2D eigenvalue weighted by Gasteiger charge is -2.31. The zero-order chi connectivity index (χ0) is 19.4. The fraction of sp³-hybridized carbons (Fsp3) is 0.350. The molecule has 0 aromatic heterocycles. The number of piperidine rings is 1. The molecule has 1 aliphatic rings. The topological polar surface area (TPSA) is 78.5 Å². The molecule has 0 radical (unpaired) electrons. The number of carbonyl (C=O) groups excluding carboxylic acids is 1. The molecule has 1 heterocycles. The van der Waals surface area contributed by atoms with Crippen molar-refractivity contribution in [1.29, 1.82) is 0 Å². The first-order valence-corrected chi connectivity index (χ1v) is 10.5. The summed E-state index contributed by atoms with van der Waals surface area (Å²) in [5.74, 6) is -0.0552. The van der Waals surface area contributed by atoms with Crippen LogP contribution in [0.25, 0.3) is 0 Å². The summed E-state index contributed by atoms with van der Waals surface area (Å²) >= 11 is 0. The van der Waals surface area contributed by atoms with E-state index in [9.17, 15) is 13.2 Å². The monoisotopic (exact) mass is 423 g/mol. The van der Waals surface area contributed by atoms with Gasteiger partial charge in [-0.05, 0) is 62.7 Å². The molecule has 6 nitrogen and oxygen atoms in total. The van der Waals surface area contributed by atoms with Gasteiger partial charge in [0.25, 0.3) is 15.9 Å². The largest absolute Gasteiger partial charge is 0.339 e. The fourth-order valence-corrected chi connectivity index (χ4v) is 4.35. The van der Waals surface area contributed by atoms with E-state index in [0.29, 0.717) is 30.4 Å². The molecule has 0 spiro atoms. The molecule has 1 fully saturated rings. The maximum atomic E-state index is 12.6. The number of amides is 1. The molecule has 28 heavy (non-hydrogen) atoms. The van der Waals surface area contributed by atoms with Gasteiger partial charge < -0.3 is 10.2 Å². The van der Waals surface area contributed by atoms with Crippen molar-refractivity contribution in [2.24, 2.45) is 0 Å². The number of benzene rings is 2. The number of para-hydroxylation sites is 1. The average molecular weight is 424 g/mol. The van der Waals surface area contributed by atoms with Gasteiger partial charge in [0.15, 0.2) is 0 Å². The third-order valence-electron chi connectivity index (χ3n) is 4.99. The summed E-state index contributed by atoms with van der Waals surface area (Å²) in [6, 6.07) is 13.8. The summed E-state index contributed by atoms with van der Waals surface area (Å²) in [7, 11) is -1.76. The molecule has 0 atom stereocenters. The Bertz CT molecular complexity index is 909. The Morgan fingerprint density at radius 3 is 2.21 bits per heavy atom. The molecule has 0 bridgehead atoms. The number of likely N-dealkylation sites (tertiary alicyclic amines) is 1. The molecular weight excluding hydrogens is 398 g/mol. The molecule has 0 aliphatic carbocycles. The summed E-state index contributed by atoms with van der Waals surface area (Å²) in [6.07, 6.45) is 1.85. The summed E-state index contributed by atoms with van der Waals surface area (Å²) in [5.41, 5.74) is 1.90. The smallest absolute Gasteiger partial charge is 0.261 e. The minimum absolute atomic E-state index is 0. The molecule has 2 N–H and O–H groups in total. The SMILES string of the molecule is CNC1CCN(C(=O)c2ccc(S(=O)(=O)Nc3ccccc3C)cc2)CC1.Cl. The standard InChI is InChI=1S/C20H25N3O3S.ClH/c1-15-5-3-4-6-19(15)22-27(25,26)18-9-7-16(8-10-18)20(24)23-13-11-17(21-2)12-14-23;/h3-10,17,21-22H,11-14H2,1-2H3;1H. The Balaban J connectivity index is 0.00000280. The van der Waals surface area contributed by atoms with E-state index in [1.165, 1.54) is 12.1 Å². The van der Waals surface area contributed by atoms with Gasteiger partial charge in [0.05, 0.1) is 10.6 Å². The lowest BCUT2D eigenvalue weighted by Crippen LogP contribution is -2.43. The van der Waals surface area contributed by atoms with Crippen molar-refractivity contribution in [2.45, 2.75) is 30.7 Å². The van der Waals surface area contributed by atoms with Gasteiger partial charge in [0.1, 0.15) is 0 Å². The number of anilines is 1. The van der Waals surface area contributed by atoms with E-state index in [2.05, 4.69) is 10.0 Å². The van der Waals surface area contributed by atoms with Crippen molar-refractivity contribution in [2.75, 3.05) is 24.9 Å². The minimum Gasteiger partial charge on any atom is -0.339 e. The predicted octanol–water partition coefficient (Wildman–Crippen LogP) is 3.04. The van der Waals surface area contributed by atoms with E-state index in [-0.39, 0.29) is 23.2 Å². The van der Waals surface area contributed by atoms with Gasteiger partial charge in [-0.15, -0.1) is 12.4 Å². The number of aryl methyl sites for hydroxylation is 1. The third kappa shape index (κ3) is 5.04. The van der Waals surface area contributed by atoms with Crippen molar-refractivity contribution in [3.05, 3.63) is 59.7 Å².